The maximum absolute atomic E-state index is 11.5. The maximum Gasteiger partial charge on any atom is 0.219 e. The van der Waals surface area contributed by atoms with Crippen LogP contribution < -0.4 is 0 Å². The van der Waals surface area contributed by atoms with E-state index in [0.29, 0.717) is 12.0 Å². The Morgan fingerprint density at radius 3 is 2.61 bits per heavy atom. The summed E-state index contributed by atoms with van der Waals surface area (Å²) in [6.45, 7) is 11.3. The highest BCUT2D eigenvalue weighted by molar-refractivity contribution is 5.73. The second-order valence-corrected chi connectivity index (χ2v) is 7.12. The lowest BCUT2D eigenvalue weighted by atomic mass is 10.0. The SMILES string of the molecule is CC(=O)N1CCN([C@@H]2CN(CCc3cnn(C)c3)C[C@@H]2C)CC1. The van der Waals surface area contributed by atoms with Crippen molar-refractivity contribution in [3.63, 3.8) is 0 Å². The summed E-state index contributed by atoms with van der Waals surface area (Å²) in [6, 6.07) is 0.637. The zero-order chi connectivity index (χ0) is 16.4. The summed E-state index contributed by atoms with van der Waals surface area (Å²) in [5.41, 5.74) is 1.32. The summed E-state index contributed by atoms with van der Waals surface area (Å²) in [5.74, 6) is 0.912. The molecule has 0 radical (unpaired) electrons. The zero-order valence-electron chi connectivity index (χ0n) is 14.6. The number of nitrogens with zero attached hydrogens (tertiary/aromatic N) is 5. The molecule has 0 aliphatic carbocycles. The highest BCUT2D eigenvalue weighted by atomic mass is 16.2. The first-order valence-electron chi connectivity index (χ1n) is 8.72. The first-order chi connectivity index (χ1) is 11.0. The van der Waals surface area contributed by atoms with Crippen LogP contribution in [0.2, 0.25) is 0 Å². The van der Waals surface area contributed by atoms with Crippen LogP contribution in [0.1, 0.15) is 19.4 Å². The van der Waals surface area contributed by atoms with Gasteiger partial charge in [-0.15, -0.1) is 0 Å². The van der Waals surface area contributed by atoms with Crippen LogP contribution in [0.15, 0.2) is 12.4 Å². The number of aryl methyl sites for hydroxylation is 1. The summed E-state index contributed by atoms with van der Waals surface area (Å²) < 4.78 is 1.87. The minimum atomic E-state index is 0.210. The van der Waals surface area contributed by atoms with Crippen LogP contribution in [0.25, 0.3) is 0 Å². The lowest BCUT2D eigenvalue weighted by Crippen LogP contribution is -2.53. The minimum absolute atomic E-state index is 0.210. The molecule has 3 rings (SSSR count). The quantitative estimate of drug-likeness (QED) is 0.808. The Hall–Kier alpha value is -1.40. The van der Waals surface area contributed by atoms with Gasteiger partial charge < -0.3 is 9.80 Å². The Balaban J connectivity index is 1.48. The summed E-state index contributed by atoms with van der Waals surface area (Å²) in [7, 11) is 1.97. The normalized spacial score (nSPS) is 26.8. The lowest BCUT2D eigenvalue weighted by Gasteiger charge is -2.39. The van der Waals surface area contributed by atoms with E-state index in [-0.39, 0.29) is 5.91 Å². The van der Waals surface area contributed by atoms with Gasteiger partial charge in [0.25, 0.3) is 0 Å². The number of likely N-dealkylation sites (tertiary alicyclic amines) is 1. The van der Waals surface area contributed by atoms with Crippen LogP contribution in [-0.4, -0.2) is 82.2 Å². The molecule has 6 heteroatoms. The van der Waals surface area contributed by atoms with Crippen LogP contribution in [0.4, 0.5) is 0 Å². The predicted molar refractivity (Wildman–Crippen MR) is 90.1 cm³/mol. The molecule has 23 heavy (non-hydrogen) atoms. The fraction of sp³-hybridized carbons (Fsp3) is 0.765. The summed E-state index contributed by atoms with van der Waals surface area (Å²) >= 11 is 0. The smallest absolute Gasteiger partial charge is 0.219 e. The van der Waals surface area contributed by atoms with Crippen molar-refractivity contribution < 1.29 is 4.79 Å². The monoisotopic (exact) mass is 319 g/mol. The molecule has 1 amide bonds. The van der Waals surface area contributed by atoms with Crippen LogP contribution >= 0.6 is 0 Å². The molecule has 2 saturated heterocycles. The third-order valence-corrected chi connectivity index (χ3v) is 5.35. The molecule has 3 heterocycles. The minimum Gasteiger partial charge on any atom is -0.340 e. The topological polar surface area (TPSA) is 44.6 Å². The van der Waals surface area contributed by atoms with Gasteiger partial charge in [0.05, 0.1) is 6.20 Å². The Morgan fingerprint density at radius 2 is 2.00 bits per heavy atom. The number of aromatic nitrogens is 2. The lowest BCUT2D eigenvalue weighted by molar-refractivity contribution is -0.130. The second kappa shape index (κ2) is 7.01. The van der Waals surface area contributed by atoms with E-state index in [9.17, 15) is 4.79 Å². The fourth-order valence-corrected chi connectivity index (χ4v) is 3.96. The van der Waals surface area contributed by atoms with Gasteiger partial charge in [0.2, 0.25) is 5.91 Å². The van der Waals surface area contributed by atoms with Crippen LogP contribution in [0, 0.1) is 5.92 Å². The Bertz CT molecular complexity index is 535. The van der Waals surface area contributed by atoms with E-state index in [2.05, 4.69) is 28.0 Å². The largest absolute Gasteiger partial charge is 0.340 e. The number of hydrogen-bond acceptors (Lipinski definition) is 4. The first kappa shape index (κ1) is 16.5. The first-order valence-corrected chi connectivity index (χ1v) is 8.72. The van der Waals surface area contributed by atoms with Gasteiger partial charge in [-0.25, -0.2) is 0 Å². The van der Waals surface area contributed by atoms with Crippen molar-refractivity contribution >= 4 is 5.91 Å². The summed E-state index contributed by atoms with van der Waals surface area (Å²) in [4.78, 5) is 18.6. The molecule has 1 aromatic heterocycles. The number of piperazine rings is 1. The van der Waals surface area contributed by atoms with Crippen molar-refractivity contribution in [3.05, 3.63) is 18.0 Å². The number of amides is 1. The molecule has 0 unspecified atom stereocenters. The summed E-state index contributed by atoms with van der Waals surface area (Å²) in [6.07, 6.45) is 5.15. The number of rotatable bonds is 4. The van der Waals surface area contributed by atoms with Crippen LogP contribution in [0.3, 0.4) is 0 Å². The molecule has 2 fully saturated rings. The van der Waals surface area contributed by atoms with Crippen molar-refractivity contribution in [1.82, 2.24) is 24.5 Å². The van der Waals surface area contributed by atoms with Crippen LogP contribution in [-0.2, 0) is 18.3 Å². The number of carbonyl (C=O) groups is 1. The van der Waals surface area contributed by atoms with Gasteiger partial charge in [-0.05, 0) is 17.9 Å². The van der Waals surface area contributed by atoms with Gasteiger partial charge in [-0.1, -0.05) is 6.92 Å². The van der Waals surface area contributed by atoms with Gasteiger partial charge in [0, 0.05) is 72.0 Å². The third kappa shape index (κ3) is 3.93. The van der Waals surface area contributed by atoms with E-state index in [1.807, 2.05) is 22.8 Å². The molecule has 2 atom stereocenters. The maximum atomic E-state index is 11.5. The third-order valence-electron chi connectivity index (χ3n) is 5.35. The van der Waals surface area contributed by atoms with Crippen LogP contribution in [0.5, 0.6) is 0 Å². The van der Waals surface area contributed by atoms with Gasteiger partial charge in [0.1, 0.15) is 0 Å². The fourth-order valence-electron chi connectivity index (χ4n) is 3.96. The molecule has 0 saturated carbocycles. The van der Waals surface area contributed by atoms with E-state index in [0.717, 1.165) is 45.7 Å². The molecule has 1 aromatic rings. The van der Waals surface area contributed by atoms with Gasteiger partial charge in [-0.3, -0.25) is 14.4 Å². The zero-order valence-corrected chi connectivity index (χ0v) is 14.6. The van der Waals surface area contributed by atoms with Crippen molar-refractivity contribution in [2.24, 2.45) is 13.0 Å². The van der Waals surface area contributed by atoms with Crippen molar-refractivity contribution in [1.29, 1.82) is 0 Å². The molecule has 128 valence electrons. The average molecular weight is 319 g/mol. The number of hydrogen-bond donors (Lipinski definition) is 0. The average Bonchev–Trinajstić information content (AvgIpc) is 3.11. The Kier molecular flexibility index (Phi) is 5.02. The number of carbonyl (C=O) groups excluding carboxylic acids is 1. The van der Waals surface area contributed by atoms with Crippen molar-refractivity contribution in [3.8, 4) is 0 Å². The van der Waals surface area contributed by atoms with E-state index in [1.165, 1.54) is 12.1 Å². The Labute approximate surface area is 139 Å². The molecule has 0 aromatic carbocycles. The van der Waals surface area contributed by atoms with E-state index >= 15 is 0 Å². The molecule has 6 nitrogen and oxygen atoms in total. The van der Waals surface area contributed by atoms with E-state index < -0.39 is 0 Å². The highest BCUT2D eigenvalue weighted by Crippen LogP contribution is 2.23. The van der Waals surface area contributed by atoms with Crippen molar-refractivity contribution in [2.75, 3.05) is 45.8 Å². The standard InChI is InChI=1S/C17H29N5O/c1-14-11-20(5-4-16-10-18-19(3)12-16)13-17(14)22-8-6-21(7-9-22)15(2)23/h10,12,14,17H,4-9,11,13H2,1-3H3/t14-,17+/m0/s1. The summed E-state index contributed by atoms with van der Waals surface area (Å²) in [5, 5.41) is 4.24. The van der Waals surface area contributed by atoms with Gasteiger partial charge in [0.15, 0.2) is 0 Å². The van der Waals surface area contributed by atoms with E-state index in [1.54, 1.807) is 6.92 Å². The molecular weight excluding hydrogens is 290 g/mol. The molecule has 0 N–H and O–H groups in total. The van der Waals surface area contributed by atoms with Gasteiger partial charge in [-0.2, -0.15) is 5.10 Å². The predicted octanol–water partition coefficient (Wildman–Crippen LogP) is 0.447. The molecule has 0 bridgehead atoms. The Morgan fingerprint density at radius 1 is 1.26 bits per heavy atom. The molecule has 2 aliphatic rings. The molecule has 2 aliphatic heterocycles. The van der Waals surface area contributed by atoms with Crippen molar-refractivity contribution in [2.45, 2.75) is 26.3 Å². The highest BCUT2D eigenvalue weighted by Gasteiger charge is 2.35. The molecular formula is C17H29N5O. The van der Waals surface area contributed by atoms with E-state index in [4.69, 9.17) is 0 Å². The molecule has 0 spiro atoms. The second-order valence-electron chi connectivity index (χ2n) is 7.12. The van der Waals surface area contributed by atoms with Gasteiger partial charge >= 0.3 is 0 Å².